The first-order valence-electron chi connectivity index (χ1n) is 9.09. The SMILES string of the molecule is O=C(CCc1c[nH]c2ccccc12)N1CCC(n2cc(CO)nn2)CC1. The van der Waals surface area contributed by atoms with Crippen molar-refractivity contribution >= 4 is 16.8 Å². The van der Waals surface area contributed by atoms with Crippen molar-refractivity contribution in [3.63, 3.8) is 0 Å². The summed E-state index contributed by atoms with van der Waals surface area (Å²) in [6, 6.07) is 8.43. The van der Waals surface area contributed by atoms with Crippen molar-refractivity contribution in [1.82, 2.24) is 24.9 Å². The van der Waals surface area contributed by atoms with Gasteiger partial charge in [-0.25, -0.2) is 4.68 Å². The molecule has 4 rings (SSSR count). The summed E-state index contributed by atoms with van der Waals surface area (Å²) in [5.41, 5.74) is 2.90. The van der Waals surface area contributed by atoms with Crippen LogP contribution in [0.15, 0.2) is 36.7 Å². The number of benzene rings is 1. The van der Waals surface area contributed by atoms with Gasteiger partial charge in [-0.1, -0.05) is 23.4 Å². The number of aryl methyl sites for hydroxylation is 1. The molecule has 0 unspecified atom stereocenters. The highest BCUT2D eigenvalue weighted by atomic mass is 16.3. The first kappa shape index (κ1) is 16.8. The van der Waals surface area contributed by atoms with Gasteiger partial charge in [-0.3, -0.25) is 4.79 Å². The highest BCUT2D eigenvalue weighted by Gasteiger charge is 2.24. The maximum atomic E-state index is 12.6. The van der Waals surface area contributed by atoms with Gasteiger partial charge in [-0.15, -0.1) is 5.10 Å². The Balaban J connectivity index is 1.31. The average molecular weight is 353 g/mol. The topological polar surface area (TPSA) is 87.0 Å². The van der Waals surface area contributed by atoms with Crippen LogP contribution in [0.25, 0.3) is 10.9 Å². The van der Waals surface area contributed by atoms with Gasteiger partial charge in [0.2, 0.25) is 5.91 Å². The summed E-state index contributed by atoms with van der Waals surface area (Å²) in [7, 11) is 0. The molecule has 1 saturated heterocycles. The van der Waals surface area contributed by atoms with E-state index in [0.29, 0.717) is 12.1 Å². The lowest BCUT2D eigenvalue weighted by atomic mass is 10.0. The normalized spacial score (nSPS) is 15.7. The minimum absolute atomic E-state index is 0.0921. The second-order valence-corrected chi connectivity index (χ2v) is 6.82. The van der Waals surface area contributed by atoms with Gasteiger partial charge in [-0.2, -0.15) is 0 Å². The largest absolute Gasteiger partial charge is 0.390 e. The number of hydrogen-bond donors (Lipinski definition) is 2. The van der Waals surface area contributed by atoms with Crippen LogP contribution in [-0.2, 0) is 17.8 Å². The summed E-state index contributed by atoms with van der Waals surface area (Å²) in [6.07, 6.45) is 6.82. The van der Waals surface area contributed by atoms with E-state index in [1.807, 2.05) is 27.9 Å². The molecule has 0 radical (unpaired) electrons. The zero-order valence-corrected chi connectivity index (χ0v) is 14.6. The Morgan fingerprint density at radius 3 is 2.85 bits per heavy atom. The molecular weight excluding hydrogens is 330 g/mol. The summed E-state index contributed by atoms with van der Waals surface area (Å²) < 4.78 is 1.82. The van der Waals surface area contributed by atoms with Gasteiger partial charge in [0.1, 0.15) is 5.69 Å². The van der Waals surface area contributed by atoms with Crippen molar-refractivity contribution in [2.24, 2.45) is 0 Å². The molecule has 3 heterocycles. The van der Waals surface area contributed by atoms with Crippen molar-refractivity contribution in [1.29, 1.82) is 0 Å². The maximum Gasteiger partial charge on any atom is 0.222 e. The summed E-state index contributed by atoms with van der Waals surface area (Å²) in [5, 5.41) is 18.3. The molecule has 0 atom stereocenters. The van der Waals surface area contributed by atoms with E-state index in [9.17, 15) is 4.79 Å². The molecule has 3 aromatic rings. The molecule has 1 aromatic carbocycles. The van der Waals surface area contributed by atoms with Gasteiger partial charge in [0.15, 0.2) is 0 Å². The fraction of sp³-hybridized carbons (Fsp3) is 0.421. The molecule has 0 spiro atoms. The molecule has 136 valence electrons. The standard InChI is InChI=1S/C19H23N5O2/c25-13-15-12-24(22-21-15)16-7-9-23(10-8-16)19(26)6-5-14-11-20-18-4-2-1-3-17(14)18/h1-4,11-12,16,20,25H,5-10,13H2. The Kier molecular flexibility index (Phi) is 4.71. The number of piperidine rings is 1. The lowest BCUT2D eigenvalue weighted by Gasteiger charge is -2.32. The smallest absolute Gasteiger partial charge is 0.222 e. The number of para-hydroxylation sites is 1. The predicted molar refractivity (Wildman–Crippen MR) is 97.4 cm³/mol. The van der Waals surface area contributed by atoms with E-state index in [1.54, 1.807) is 6.20 Å². The predicted octanol–water partition coefficient (Wildman–Crippen LogP) is 2.05. The van der Waals surface area contributed by atoms with Crippen LogP contribution < -0.4 is 0 Å². The molecule has 1 aliphatic rings. The maximum absolute atomic E-state index is 12.6. The van der Waals surface area contributed by atoms with Crippen molar-refractivity contribution in [3.8, 4) is 0 Å². The summed E-state index contributed by atoms with van der Waals surface area (Å²) in [5.74, 6) is 0.211. The van der Waals surface area contributed by atoms with Gasteiger partial charge >= 0.3 is 0 Å². The number of aliphatic hydroxyl groups is 1. The third-order valence-corrected chi connectivity index (χ3v) is 5.19. The number of amides is 1. The van der Waals surface area contributed by atoms with Gasteiger partial charge < -0.3 is 15.0 Å². The Morgan fingerprint density at radius 2 is 2.08 bits per heavy atom. The minimum atomic E-state index is -0.0921. The van der Waals surface area contributed by atoms with E-state index in [0.717, 1.165) is 37.9 Å². The third-order valence-electron chi connectivity index (χ3n) is 5.19. The zero-order chi connectivity index (χ0) is 17.9. The number of aliphatic hydroxyl groups excluding tert-OH is 1. The fourth-order valence-corrected chi connectivity index (χ4v) is 3.68. The van der Waals surface area contributed by atoms with Crippen LogP contribution in [-0.4, -0.2) is 49.0 Å². The fourth-order valence-electron chi connectivity index (χ4n) is 3.68. The number of carbonyl (C=O) groups excluding carboxylic acids is 1. The monoisotopic (exact) mass is 353 g/mol. The average Bonchev–Trinajstić information content (AvgIpc) is 3.33. The number of nitrogens with one attached hydrogen (secondary N) is 1. The molecule has 1 fully saturated rings. The highest BCUT2D eigenvalue weighted by Crippen LogP contribution is 2.23. The minimum Gasteiger partial charge on any atom is -0.390 e. The van der Waals surface area contributed by atoms with E-state index in [1.165, 1.54) is 10.9 Å². The van der Waals surface area contributed by atoms with Crippen LogP contribution in [0.5, 0.6) is 0 Å². The third kappa shape index (κ3) is 3.35. The van der Waals surface area contributed by atoms with Gasteiger partial charge in [0.25, 0.3) is 0 Å². The number of carbonyl (C=O) groups is 1. The molecule has 2 aromatic heterocycles. The molecular formula is C19H23N5O2. The first-order valence-corrected chi connectivity index (χ1v) is 9.09. The van der Waals surface area contributed by atoms with Crippen LogP contribution >= 0.6 is 0 Å². The van der Waals surface area contributed by atoms with Gasteiger partial charge in [0, 0.05) is 36.6 Å². The number of aromatic amines is 1. The summed E-state index contributed by atoms with van der Waals surface area (Å²) >= 11 is 0. The van der Waals surface area contributed by atoms with Crippen LogP contribution in [0, 0.1) is 0 Å². The first-order chi connectivity index (χ1) is 12.7. The highest BCUT2D eigenvalue weighted by molar-refractivity contribution is 5.84. The van der Waals surface area contributed by atoms with Gasteiger partial charge in [-0.05, 0) is 30.9 Å². The lowest BCUT2D eigenvalue weighted by molar-refractivity contribution is -0.132. The van der Waals surface area contributed by atoms with Crippen LogP contribution in [0.2, 0.25) is 0 Å². The number of hydrogen-bond acceptors (Lipinski definition) is 4. The molecule has 2 N–H and O–H groups in total. The number of aromatic nitrogens is 4. The molecule has 0 aliphatic carbocycles. The van der Waals surface area contributed by atoms with Crippen molar-refractivity contribution in [2.45, 2.75) is 38.3 Å². The number of likely N-dealkylation sites (tertiary alicyclic amines) is 1. The molecule has 1 aliphatic heterocycles. The molecule has 7 nitrogen and oxygen atoms in total. The molecule has 0 saturated carbocycles. The van der Waals surface area contributed by atoms with Crippen molar-refractivity contribution < 1.29 is 9.90 Å². The van der Waals surface area contributed by atoms with E-state index < -0.39 is 0 Å². The van der Waals surface area contributed by atoms with Crippen LogP contribution in [0.1, 0.15) is 36.6 Å². The lowest BCUT2D eigenvalue weighted by Crippen LogP contribution is -2.39. The number of rotatable bonds is 5. The molecule has 7 heteroatoms. The molecule has 0 bridgehead atoms. The van der Waals surface area contributed by atoms with Gasteiger partial charge in [0.05, 0.1) is 18.8 Å². The Bertz CT molecular complexity index is 892. The molecule has 1 amide bonds. The summed E-state index contributed by atoms with van der Waals surface area (Å²) in [6.45, 7) is 1.39. The Hall–Kier alpha value is -2.67. The Morgan fingerprint density at radius 1 is 1.27 bits per heavy atom. The second kappa shape index (κ2) is 7.29. The molecule has 26 heavy (non-hydrogen) atoms. The zero-order valence-electron chi connectivity index (χ0n) is 14.6. The van der Waals surface area contributed by atoms with E-state index in [-0.39, 0.29) is 18.6 Å². The van der Waals surface area contributed by atoms with E-state index in [2.05, 4.69) is 27.4 Å². The quantitative estimate of drug-likeness (QED) is 0.735. The van der Waals surface area contributed by atoms with E-state index >= 15 is 0 Å². The number of fused-ring (bicyclic) bond motifs is 1. The number of H-pyrrole nitrogens is 1. The Labute approximate surface area is 151 Å². The van der Waals surface area contributed by atoms with Crippen LogP contribution in [0.3, 0.4) is 0 Å². The van der Waals surface area contributed by atoms with E-state index in [4.69, 9.17) is 5.11 Å². The summed E-state index contributed by atoms with van der Waals surface area (Å²) in [4.78, 5) is 17.8. The van der Waals surface area contributed by atoms with Crippen molar-refractivity contribution in [3.05, 3.63) is 47.9 Å². The second-order valence-electron chi connectivity index (χ2n) is 6.82. The number of nitrogens with zero attached hydrogens (tertiary/aromatic N) is 4. The van der Waals surface area contributed by atoms with Crippen LogP contribution in [0.4, 0.5) is 0 Å². The van der Waals surface area contributed by atoms with Crippen molar-refractivity contribution in [2.75, 3.05) is 13.1 Å².